The van der Waals surface area contributed by atoms with Crippen molar-refractivity contribution in [2.75, 3.05) is 12.0 Å². The quantitative estimate of drug-likeness (QED) is 0.719. The summed E-state index contributed by atoms with van der Waals surface area (Å²) in [4.78, 5) is 1.34. The van der Waals surface area contributed by atoms with Crippen LogP contribution < -0.4 is 10.0 Å². The standard InChI is InChI=1S/C14H26N2O2S3/c1-6-12(9-19-5)16-21(17,18)14-11(4)8-20-13(14)7-15-10(2)3/h8,10,12,15-16H,6-7,9H2,1-5H3. The van der Waals surface area contributed by atoms with Crippen LogP contribution in [0.3, 0.4) is 0 Å². The van der Waals surface area contributed by atoms with Gasteiger partial charge in [0.2, 0.25) is 10.0 Å². The number of thiophene rings is 1. The minimum atomic E-state index is -3.45. The molecule has 0 aliphatic rings. The van der Waals surface area contributed by atoms with Crippen LogP contribution in [-0.4, -0.2) is 32.5 Å². The van der Waals surface area contributed by atoms with E-state index in [0.29, 0.717) is 17.5 Å². The van der Waals surface area contributed by atoms with E-state index in [0.717, 1.165) is 22.6 Å². The fourth-order valence-electron chi connectivity index (χ4n) is 1.98. The third-order valence-electron chi connectivity index (χ3n) is 3.11. The highest BCUT2D eigenvalue weighted by Gasteiger charge is 2.25. The first-order chi connectivity index (χ1) is 9.81. The minimum Gasteiger partial charge on any atom is -0.310 e. The van der Waals surface area contributed by atoms with Crippen molar-refractivity contribution in [2.45, 2.75) is 57.6 Å². The summed E-state index contributed by atoms with van der Waals surface area (Å²) in [6, 6.07) is 0.311. The summed E-state index contributed by atoms with van der Waals surface area (Å²) in [5.74, 6) is 0.790. The lowest BCUT2D eigenvalue weighted by molar-refractivity contribution is 0.553. The maximum Gasteiger partial charge on any atom is 0.242 e. The number of hydrogen-bond acceptors (Lipinski definition) is 5. The fraction of sp³-hybridized carbons (Fsp3) is 0.714. The molecular weight excluding hydrogens is 324 g/mol. The number of rotatable bonds is 9. The molecule has 0 saturated carbocycles. The SMILES string of the molecule is CCC(CSC)NS(=O)(=O)c1c(C)csc1CNC(C)C. The van der Waals surface area contributed by atoms with Crippen LogP contribution in [0.4, 0.5) is 0 Å². The Morgan fingerprint density at radius 3 is 2.57 bits per heavy atom. The molecule has 1 aromatic rings. The zero-order valence-electron chi connectivity index (χ0n) is 13.4. The van der Waals surface area contributed by atoms with Crippen molar-refractivity contribution in [1.29, 1.82) is 0 Å². The van der Waals surface area contributed by atoms with Gasteiger partial charge in [0.05, 0.1) is 0 Å². The molecule has 1 rings (SSSR count). The summed E-state index contributed by atoms with van der Waals surface area (Å²) in [5, 5.41) is 5.21. The molecular formula is C14H26N2O2S3. The topological polar surface area (TPSA) is 58.2 Å². The fourth-order valence-corrected chi connectivity index (χ4v) is 5.89. The molecule has 2 N–H and O–H groups in total. The summed E-state index contributed by atoms with van der Waals surface area (Å²) in [5.41, 5.74) is 0.826. The average molecular weight is 351 g/mol. The van der Waals surface area contributed by atoms with Crippen LogP contribution >= 0.6 is 23.1 Å². The van der Waals surface area contributed by atoms with Gasteiger partial charge < -0.3 is 5.32 Å². The molecule has 1 atom stereocenters. The Hall–Kier alpha value is -0.0800. The molecule has 0 aliphatic carbocycles. The van der Waals surface area contributed by atoms with Gasteiger partial charge in [-0.1, -0.05) is 20.8 Å². The second kappa shape index (κ2) is 8.53. The average Bonchev–Trinajstić information content (AvgIpc) is 2.77. The predicted molar refractivity (Wildman–Crippen MR) is 93.8 cm³/mol. The minimum absolute atomic E-state index is 0.0183. The molecule has 0 radical (unpaired) electrons. The Morgan fingerprint density at radius 1 is 1.38 bits per heavy atom. The first-order valence-corrected chi connectivity index (χ1v) is 10.9. The van der Waals surface area contributed by atoms with Gasteiger partial charge in [0.25, 0.3) is 0 Å². The highest BCUT2D eigenvalue weighted by atomic mass is 32.2. The van der Waals surface area contributed by atoms with Gasteiger partial charge in [-0.15, -0.1) is 11.3 Å². The second-order valence-corrected chi connectivity index (χ2v) is 8.91. The summed E-state index contributed by atoms with van der Waals surface area (Å²) in [6.07, 6.45) is 2.79. The number of thioether (sulfide) groups is 1. The first kappa shape index (κ1) is 19.0. The van der Waals surface area contributed by atoms with Gasteiger partial charge in [0.1, 0.15) is 4.90 Å². The molecule has 1 aromatic heterocycles. The summed E-state index contributed by atoms with van der Waals surface area (Å²) in [6.45, 7) is 8.56. The molecule has 7 heteroatoms. The highest BCUT2D eigenvalue weighted by molar-refractivity contribution is 7.98. The smallest absolute Gasteiger partial charge is 0.242 e. The Bertz CT molecular complexity index is 538. The highest BCUT2D eigenvalue weighted by Crippen LogP contribution is 2.27. The zero-order valence-corrected chi connectivity index (χ0v) is 15.8. The van der Waals surface area contributed by atoms with Gasteiger partial charge in [0.15, 0.2) is 0 Å². The van der Waals surface area contributed by atoms with Crippen molar-refractivity contribution >= 4 is 33.1 Å². The largest absolute Gasteiger partial charge is 0.310 e. The monoisotopic (exact) mass is 350 g/mol. The van der Waals surface area contributed by atoms with Gasteiger partial charge >= 0.3 is 0 Å². The van der Waals surface area contributed by atoms with Crippen LogP contribution in [0.1, 0.15) is 37.6 Å². The Labute approximate surface area is 137 Å². The molecule has 4 nitrogen and oxygen atoms in total. The van der Waals surface area contributed by atoms with Crippen LogP contribution in [-0.2, 0) is 16.6 Å². The normalized spacial score (nSPS) is 13.8. The van der Waals surface area contributed by atoms with Crippen LogP contribution in [0.5, 0.6) is 0 Å². The molecule has 1 unspecified atom stereocenters. The zero-order chi connectivity index (χ0) is 16.0. The number of aryl methyl sites for hydroxylation is 1. The summed E-state index contributed by atoms with van der Waals surface area (Å²) in [7, 11) is -3.45. The van der Waals surface area contributed by atoms with Crippen molar-refractivity contribution < 1.29 is 8.42 Å². The maximum absolute atomic E-state index is 12.7. The van der Waals surface area contributed by atoms with E-state index in [1.54, 1.807) is 11.8 Å². The van der Waals surface area contributed by atoms with Crippen LogP contribution in [0.15, 0.2) is 10.3 Å². The van der Waals surface area contributed by atoms with Crippen molar-refractivity contribution in [3.05, 3.63) is 15.8 Å². The first-order valence-electron chi connectivity index (χ1n) is 7.13. The lowest BCUT2D eigenvalue weighted by Crippen LogP contribution is -2.36. The van der Waals surface area contributed by atoms with Crippen LogP contribution in [0, 0.1) is 6.92 Å². The van der Waals surface area contributed by atoms with Crippen LogP contribution in [0.2, 0.25) is 0 Å². The molecule has 0 bridgehead atoms. The lowest BCUT2D eigenvalue weighted by Gasteiger charge is -2.17. The van der Waals surface area contributed by atoms with E-state index in [4.69, 9.17) is 0 Å². The maximum atomic E-state index is 12.7. The molecule has 0 aromatic carbocycles. The Morgan fingerprint density at radius 2 is 2.05 bits per heavy atom. The van der Waals surface area contributed by atoms with E-state index < -0.39 is 10.0 Å². The van der Waals surface area contributed by atoms with E-state index in [9.17, 15) is 8.42 Å². The number of hydrogen-bond donors (Lipinski definition) is 2. The van der Waals surface area contributed by atoms with Crippen molar-refractivity contribution in [2.24, 2.45) is 0 Å². The van der Waals surface area contributed by atoms with Gasteiger partial charge in [-0.05, 0) is 30.5 Å². The van der Waals surface area contributed by atoms with Gasteiger partial charge in [-0.25, -0.2) is 13.1 Å². The van der Waals surface area contributed by atoms with Crippen molar-refractivity contribution in [3.63, 3.8) is 0 Å². The van der Waals surface area contributed by atoms with Crippen molar-refractivity contribution in [1.82, 2.24) is 10.0 Å². The van der Waals surface area contributed by atoms with E-state index >= 15 is 0 Å². The third kappa shape index (κ3) is 5.56. The summed E-state index contributed by atoms with van der Waals surface area (Å²) < 4.78 is 28.2. The summed E-state index contributed by atoms with van der Waals surface area (Å²) >= 11 is 3.16. The van der Waals surface area contributed by atoms with E-state index in [2.05, 4.69) is 23.9 Å². The molecule has 0 spiro atoms. The van der Waals surface area contributed by atoms with Crippen molar-refractivity contribution in [3.8, 4) is 0 Å². The molecule has 0 aliphatic heterocycles. The van der Waals surface area contributed by atoms with Gasteiger partial charge in [-0.2, -0.15) is 11.8 Å². The van der Waals surface area contributed by atoms with Crippen LogP contribution in [0.25, 0.3) is 0 Å². The Kier molecular flexibility index (Phi) is 7.70. The predicted octanol–water partition coefficient (Wildman–Crippen LogP) is 2.97. The van der Waals surface area contributed by atoms with E-state index in [-0.39, 0.29) is 6.04 Å². The second-order valence-electron chi connectivity index (χ2n) is 5.39. The third-order valence-corrected chi connectivity index (χ3v) is 6.83. The molecule has 0 amide bonds. The van der Waals surface area contributed by atoms with E-state index in [1.165, 1.54) is 11.3 Å². The number of nitrogens with one attached hydrogen (secondary N) is 2. The molecule has 21 heavy (non-hydrogen) atoms. The lowest BCUT2D eigenvalue weighted by atomic mass is 10.3. The van der Waals surface area contributed by atoms with Gasteiger partial charge in [-0.3, -0.25) is 0 Å². The van der Waals surface area contributed by atoms with Gasteiger partial charge in [0, 0.05) is 29.3 Å². The molecule has 122 valence electrons. The Balaban J connectivity index is 2.99. The van der Waals surface area contributed by atoms with E-state index in [1.807, 2.05) is 25.5 Å². The molecule has 1 heterocycles. The molecule has 0 fully saturated rings. The molecule has 0 saturated heterocycles. The number of sulfonamides is 1.